The summed E-state index contributed by atoms with van der Waals surface area (Å²) in [7, 11) is 0. The molecule has 0 bridgehead atoms. The first-order valence-electron chi connectivity index (χ1n) is 50.1. The molecule has 0 aromatic rings. The van der Waals surface area contributed by atoms with E-state index in [1.807, 2.05) is 27.7 Å². The third-order valence-electron chi connectivity index (χ3n) is 24.3. The van der Waals surface area contributed by atoms with E-state index in [0.29, 0.717) is 39.0 Å². The van der Waals surface area contributed by atoms with Crippen LogP contribution in [-0.2, 0) is 47.7 Å². The van der Waals surface area contributed by atoms with Gasteiger partial charge in [0.05, 0.1) is 10.8 Å². The van der Waals surface area contributed by atoms with Gasteiger partial charge in [0.15, 0.2) is 0 Å². The van der Waals surface area contributed by atoms with E-state index in [0.717, 1.165) is 219 Å². The predicted octanol–water partition coefficient (Wildman–Crippen LogP) is 28.2. The normalized spacial score (nSPS) is 12.5. The van der Waals surface area contributed by atoms with Gasteiger partial charge in [0, 0.05) is 51.9 Å². The molecule has 674 valence electrons. The van der Waals surface area contributed by atoms with Crippen LogP contribution in [0.2, 0.25) is 0 Å². The average Bonchev–Trinajstić information content (AvgIpc) is 0.877. The van der Waals surface area contributed by atoms with E-state index in [1.165, 1.54) is 218 Å². The maximum Gasteiger partial charge on any atom is 0.311 e. The van der Waals surface area contributed by atoms with Gasteiger partial charge in [-0.1, -0.05) is 325 Å². The molecule has 0 aliphatic rings. The standard InChI is InChI=1S/C100H194N4O10/c1-13-21-27-33-39-41-49-55-69-89(19-7)113-97(109)99(9,10)79-63-67-85-103(83-65-53-43-51-61-75-95(107)111-91(71-57-45-35-29-23-15-3)72-58-46-36-30-24-16-4)87-81-101-93(105)77-78-94(106)102-82-88-104(86-68-64-80-100(11,12)98(110)114-90(20-8)70-56-50-42-40-34-28-22-14-2)84-66-54-44-52-62-76-96(108)112-92(73-59-47-37-31-25-17-5)74-60-48-38-32-26-18-6/h89-92H,13-88H2,1-12H3,(H,101,105)(H,102,106). The molecular formula is C100H194N4O10. The lowest BCUT2D eigenvalue weighted by atomic mass is 9.87. The van der Waals surface area contributed by atoms with Crippen molar-refractivity contribution in [3.63, 3.8) is 0 Å². The smallest absolute Gasteiger partial charge is 0.311 e. The zero-order valence-corrected chi connectivity index (χ0v) is 78.0. The van der Waals surface area contributed by atoms with Gasteiger partial charge in [0.25, 0.3) is 0 Å². The summed E-state index contributed by atoms with van der Waals surface area (Å²) >= 11 is 0. The van der Waals surface area contributed by atoms with Crippen molar-refractivity contribution in [3.05, 3.63) is 0 Å². The third kappa shape index (κ3) is 70.6. The Labute approximate surface area is 707 Å². The molecule has 0 saturated heterocycles. The molecule has 0 aromatic carbocycles. The number of ether oxygens (including phenoxy) is 4. The summed E-state index contributed by atoms with van der Waals surface area (Å²) in [5.74, 6) is -0.474. The van der Waals surface area contributed by atoms with Crippen LogP contribution < -0.4 is 10.6 Å². The highest BCUT2D eigenvalue weighted by atomic mass is 16.6. The summed E-state index contributed by atoms with van der Waals surface area (Å²) in [5, 5.41) is 6.29. The lowest BCUT2D eigenvalue weighted by Gasteiger charge is -2.27. The first-order chi connectivity index (χ1) is 55.3. The van der Waals surface area contributed by atoms with Gasteiger partial charge in [0.2, 0.25) is 11.8 Å². The van der Waals surface area contributed by atoms with E-state index in [9.17, 15) is 28.8 Å². The van der Waals surface area contributed by atoms with E-state index in [-0.39, 0.29) is 72.9 Å². The van der Waals surface area contributed by atoms with Crippen LogP contribution in [0.3, 0.4) is 0 Å². The van der Waals surface area contributed by atoms with Gasteiger partial charge in [-0.15, -0.1) is 0 Å². The molecule has 0 aliphatic carbocycles. The second-order valence-corrected chi connectivity index (χ2v) is 36.4. The Morgan fingerprint density at radius 3 is 0.719 bits per heavy atom. The molecule has 0 aliphatic heterocycles. The summed E-state index contributed by atoms with van der Waals surface area (Å²) in [5.41, 5.74) is -1.14. The van der Waals surface area contributed by atoms with Gasteiger partial charge in [-0.3, -0.25) is 28.8 Å². The lowest BCUT2D eigenvalue weighted by Crippen LogP contribution is -2.38. The van der Waals surface area contributed by atoms with Gasteiger partial charge in [-0.25, -0.2) is 0 Å². The number of hydrogen-bond acceptors (Lipinski definition) is 12. The Morgan fingerprint density at radius 2 is 0.465 bits per heavy atom. The van der Waals surface area contributed by atoms with Crippen LogP contribution in [-0.4, -0.2) is 122 Å². The Bertz CT molecular complexity index is 2000. The van der Waals surface area contributed by atoms with Crippen molar-refractivity contribution in [2.45, 2.75) is 544 Å². The van der Waals surface area contributed by atoms with E-state index in [2.05, 4.69) is 75.8 Å². The van der Waals surface area contributed by atoms with Crippen LogP contribution in [0.15, 0.2) is 0 Å². The summed E-state index contributed by atoms with van der Waals surface area (Å²) < 4.78 is 24.7. The molecular weight excluding hydrogens is 1420 g/mol. The maximum atomic E-state index is 13.6. The minimum atomic E-state index is -0.570. The molecule has 2 unspecified atom stereocenters. The number of carbonyl (C=O) groups is 6. The summed E-state index contributed by atoms with van der Waals surface area (Å²) in [6, 6.07) is 0. The first kappa shape index (κ1) is 111. The fourth-order valence-electron chi connectivity index (χ4n) is 16.0. The van der Waals surface area contributed by atoms with E-state index >= 15 is 0 Å². The quantitative estimate of drug-likeness (QED) is 0.0336. The van der Waals surface area contributed by atoms with Crippen molar-refractivity contribution in [2.75, 3.05) is 52.4 Å². The van der Waals surface area contributed by atoms with Gasteiger partial charge in [-0.05, 0) is 195 Å². The molecule has 0 spiro atoms. The average molecular weight is 1610 g/mol. The number of esters is 4. The van der Waals surface area contributed by atoms with Gasteiger partial charge < -0.3 is 39.4 Å². The Morgan fingerprint density at radius 1 is 0.246 bits per heavy atom. The summed E-state index contributed by atoms with van der Waals surface area (Å²) in [6.07, 6.45) is 74.1. The van der Waals surface area contributed by atoms with E-state index < -0.39 is 10.8 Å². The van der Waals surface area contributed by atoms with Crippen molar-refractivity contribution >= 4 is 35.7 Å². The zero-order chi connectivity index (χ0) is 83.9. The molecule has 0 aromatic heterocycles. The fourth-order valence-corrected chi connectivity index (χ4v) is 16.0. The van der Waals surface area contributed by atoms with Gasteiger partial charge >= 0.3 is 23.9 Å². The lowest BCUT2D eigenvalue weighted by molar-refractivity contribution is -0.161. The van der Waals surface area contributed by atoms with Crippen LogP contribution in [0.25, 0.3) is 0 Å². The molecule has 14 nitrogen and oxygen atoms in total. The fraction of sp³-hybridized carbons (Fsp3) is 0.940. The number of unbranched alkanes of at least 4 members (excludes halogenated alkanes) is 44. The summed E-state index contributed by atoms with van der Waals surface area (Å²) in [4.78, 5) is 85.5. The number of amides is 2. The first-order valence-corrected chi connectivity index (χ1v) is 50.1. The van der Waals surface area contributed by atoms with Crippen LogP contribution >= 0.6 is 0 Å². The van der Waals surface area contributed by atoms with Crippen LogP contribution in [0.5, 0.6) is 0 Å². The van der Waals surface area contributed by atoms with E-state index in [4.69, 9.17) is 18.9 Å². The summed E-state index contributed by atoms with van der Waals surface area (Å²) in [6.45, 7) is 31.9. The molecule has 114 heavy (non-hydrogen) atoms. The molecule has 0 fully saturated rings. The molecule has 2 amide bonds. The van der Waals surface area contributed by atoms with Crippen LogP contribution in [0.4, 0.5) is 0 Å². The molecule has 0 saturated carbocycles. The second kappa shape index (κ2) is 80.8. The maximum absolute atomic E-state index is 13.6. The molecule has 14 heteroatoms. The van der Waals surface area contributed by atoms with Crippen LogP contribution in [0, 0.1) is 10.8 Å². The second-order valence-electron chi connectivity index (χ2n) is 36.4. The predicted molar refractivity (Wildman–Crippen MR) is 485 cm³/mol. The molecule has 2 N–H and O–H groups in total. The number of rotatable bonds is 89. The number of nitrogens with zero attached hydrogens (tertiary/aromatic N) is 2. The molecule has 0 heterocycles. The van der Waals surface area contributed by atoms with Crippen molar-refractivity contribution < 1.29 is 47.7 Å². The number of nitrogens with one attached hydrogen (secondary N) is 2. The van der Waals surface area contributed by atoms with Crippen molar-refractivity contribution in [1.29, 1.82) is 0 Å². The van der Waals surface area contributed by atoms with Crippen molar-refractivity contribution in [1.82, 2.24) is 20.4 Å². The van der Waals surface area contributed by atoms with Crippen LogP contribution in [0.1, 0.15) is 520 Å². The monoisotopic (exact) mass is 1610 g/mol. The van der Waals surface area contributed by atoms with Gasteiger partial charge in [-0.2, -0.15) is 0 Å². The number of hydrogen-bond donors (Lipinski definition) is 2. The third-order valence-corrected chi connectivity index (χ3v) is 24.3. The molecule has 2 atom stereocenters. The molecule has 0 rings (SSSR count). The minimum absolute atomic E-state index is 0.0284. The Kier molecular flexibility index (Phi) is 78.5. The highest BCUT2D eigenvalue weighted by Gasteiger charge is 2.32. The highest BCUT2D eigenvalue weighted by molar-refractivity contribution is 5.83. The van der Waals surface area contributed by atoms with E-state index in [1.54, 1.807) is 0 Å². The topological polar surface area (TPSA) is 170 Å². The minimum Gasteiger partial charge on any atom is -0.462 e. The highest BCUT2D eigenvalue weighted by Crippen LogP contribution is 2.30. The van der Waals surface area contributed by atoms with Crippen molar-refractivity contribution in [2.24, 2.45) is 10.8 Å². The van der Waals surface area contributed by atoms with Crippen molar-refractivity contribution in [3.8, 4) is 0 Å². The Hall–Kier alpha value is -3.26. The zero-order valence-electron chi connectivity index (χ0n) is 78.0. The number of carbonyl (C=O) groups excluding carboxylic acids is 6. The SMILES string of the molecule is CCCCCCCCCCC(CC)OC(=O)C(C)(C)CCCCN(CCCCCCCC(=O)OC(CCCCCCCC)CCCCCCCC)CCNC(=O)CCC(=O)NCCN(CCCCCCCC(=O)OC(CCCCCCCC)CCCCCCCC)CCCCC(C)(C)C(=O)OC(CC)CCCCCCCCCC. The molecule has 0 radical (unpaired) electrons. The van der Waals surface area contributed by atoms with Gasteiger partial charge in [0.1, 0.15) is 24.4 Å². The Balaban J connectivity index is 5.80. The largest absolute Gasteiger partial charge is 0.462 e.